The molecule has 6 nitrogen and oxygen atoms in total. The van der Waals surface area contributed by atoms with Gasteiger partial charge in [0, 0.05) is 6.42 Å². The lowest BCUT2D eigenvalue weighted by Gasteiger charge is -2.05. The minimum Gasteiger partial charge on any atom is -0.461 e. The fourth-order valence-electron chi connectivity index (χ4n) is 1.64. The molecule has 0 saturated heterocycles. The first-order chi connectivity index (χ1) is 9.65. The van der Waals surface area contributed by atoms with E-state index in [1.165, 1.54) is 17.1 Å². The van der Waals surface area contributed by atoms with Crippen LogP contribution in [0.4, 0.5) is 0 Å². The predicted octanol–water partition coefficient (Wildman–Crippen LogP) is 2.22. The van der Waals surface area contributed by atoms with Crippen molar-refractivity contribution in [2.75, 3.05) is 6.61 Å². The van der Waals surface area contributed by atoms with Crippen molar-refractivity contribution in [2.24, 2.45) is 0 Å². The maximum atomic E-state index is 12.0. The van der Waals surface area contributed by atoms with Crippen molar-refractivity contribution in [3.8, 4) is 5.82 Å². The molecule has 0 atom stereocenters. The minimum atomic E-state index is -0.475. The van der Waals surface area contributed by atoms with Crippen molar-refractivity contribution < 1.29 is 9.53 Å². The molecule has 7 heteroatoms. The van der Waals surface area contributed by atoms with E-state index in [9.17, 15) is 4.79 Å². The van der Waals surface area contributed by atoms with Gasteiger partial charge in [-0.15, -0.1) is 6.58 Å². The van der Waals surface area contributed by atoms with Crippen LogP contribution in [0, 0.1) is 0 Å². The molecule has 2 aromatic rings. The topological polar surface area (TPSA) is 69.9 Å². The van der Waals surface area contributed by atoms with Gasteiger partial charge >= 0.3 is 5.97 Å². The van der Waals surface area contributed by atoms with E-state index in [2.05, 4.69) is 21.6 Å². The van der Waals surface area contributed by atoms with Crippen molar-refractivity contribution in [1.82, 2.24) is 19.7 Å². The second-order valence-corrected chi connectivity index (χ2v) is 4.23. The molecule has 2 aromatic heterocycles. The van der Waals surface area contributed by atoms with Gasteiger partial charge in [0.25, 0.3) is 0 Å². The first kappa shape index (κ1) is 14.2. The predicted molar refractivity (Wildman–Crippen MR) is 74.0 cm³/mol. The van der Waals surface area contributed by atoms with Gasteiger partial charge in [-0.25, -0.2) is 14.5 Å². The zero-order valence-electron chi connectivity index (χ0n) is 10.9. The lowest BCUT2D eigenvalue weighted by Crippen LogP contribution is -2.13. The molecule has 0 unspecified atom stereocenters. The molecule has 0 aliphatic rings. The third-order valence-electron chi connectivity index (χ3n) is 2.41. The molecule has 0 amide bonds. The first-order valence-corrected chi connectivity index (χ1v) is 6.38. The summed E-state index contributed by atoms with van der Waals surface area (Å²) in [5, 5.41) is 4.52. The van der Waals surface area contributed by atoms with Crippen LogP contribution in [0.1, 0.15) is 23.1 Å². The van der Waals surface area contributed by atoms with E-state index in [0.29, 0.717) is 17.9 Å². The summed E-state index contributed by atoms with van der Waals surface area (Å²) >= 11 is 5.81. The van der Waals surface area contributed by atoms with Gasteiger partial charge in [0.2, 0.25) is 0 Å². The van der Waals surface area contributed by atoms with Crippen LogP contribution in [0.25, 0.3) is 5.82 Å². The van der Waals surface area contributed by atoms with Crippen LogP contribution in [-0.2, 0) is 11.2 Å². The average Bonchev–Trinajstić information content (AvgIpc) is 2.83. The van der Waals surface area contributed by atoms with Crippen molar-refractivity contribution in [3.05, 3.63) is 47.7 Å². The number of nitrogens with zero attached hydrogens (tertiary/aromatic N) is 4. The maximum absolute atomic E-state index is 12.0. The Morgan fingerprint density at radius 3 is 3.00 bits per heavy atom. The first-order valence-electron chi connectivity index (χ1n) is 6.00. The van der Waals surface area contributed by atoms with Gasteiger partial charge in [0.1, 0.15) is 5.15 Å². The smallest absolute Gasteiger partial charge is 0.357 e. The second kappa shape index (κ2) is 6.29. The number of allylic oxidation sites excluding steroid dienone is 1. The van der Waals surface area contributed by atoms with Crippen LogP contribution in [0.5, 0.6) is 0 Å². The Bertz CT molecular complexity index is 639. The second-order valence-electron chi connectivity index (χ2n) is 3.85. The Labute approximate surface area is 121 Å². The zero-order chi connectivity index (χ0) is 14.5. The highest BCUT2D eigenvalue weighted by molar-refractivity contribution is 6.29. The van der Waals surface area contributed by atoms with Crippen LogP contribution >= 0.6 is 11.6 Å². The molecule has 0 aliphatic carbocycles. The van der Waals surface area contributed by atoms with E-state index in [1.54, 1.807) is 19.1 Å². The SMILES string of the molecule is C=CCc1cc(C(=O)OCC)n(-c2cncc(Cl)n2)n1. The molecule has 0 N–H and O–H groups in total. The van der Waals surface area contributed by atoms with E-state index in [4.69, 9.17) is 16.3 Å². The molecule has 0 radical (unpaired) electrons. The van der Waals surface area contributed by atoms with E-state index in [0.717, 1.165) is 0 Å². The largest absolute Gasteiger partial charge is 0.461 e. The molecule has 0 saturated carbocycles. The molecule has 0 aliphatic heterocycles. The van der Waals surface area contributed by atoms with Crippen molar-refractivity contribution in [2.45, 2.75) is 13.3 Å². The van der Waals surface area contributed by atoms with Crippen molar-refractivity contribution >= 4 is 17.6 Å². The van der Waals surface area contributed by atoms with Gasteiger partial charge in [0.15, 0.2) is 11.5 Å². The van der Waals surface area contributed by atoms with Gasteiger partial charge < -0.3 is 4.74 Å². The Morgan fingerprint density at radius 2 is 2.35 bits per heavy atom. The normalized spacial score (nSPS) is 10.3. The van der Waals surface area contributed by atoms with Gasteiger partial charge in [-0.1, -0.05) is 17.7 Å². The number of esters is 1. The van der Waals surface area contributed by atoms with Crippen LogP contribution in [-0.4, -0.2) is 32.3 Å². The van der Waals surface area contributed by atoms with Crippen LogP contribution in [0.15, 0.2) is 31.1 Å². The lowest BCUT2D eigenvalue weighted by molar-refractivity contribution is 0.0515. The number of rotatable bonds is 5. The van der Waals surface area contributed by atoms with Crippen LogP contribution < -0.4 is 0 Å². The highest BCUT2D eigenvalue weighted by atomic mass is 35.5. The highest BCUT2D eigenvalue weighted by Crippen LogP contribution is 2.14. The Balaban J connectivity index is 2.49. The summed E-state index contributed by atoms with van der Waals surface area (Å²) in [6, 6.07) is 1.64. The molecule has 0 bridgehead atoms. The number of hydrogen-bond donors (Lipinski definition) is 0. The van der Waals surface area contributed by atoms with E-state index >= 15 is 0 Å². The van der Waals surface area contributed by atoms with E-state index < -0.39 is 5.97 Å². The number of carbonyl (C=O) groups is 1. The summed E-state index contributed by atoms with van der Waals surface area (Å²) in [7, 11) is 0. The van der Waals surface area contributed by atoms with Gasteiger partial charge in [0.05, 0.1) is 24.7 Å². The average molecular weight is 293 g/mol. The molecular weight excluding hydrogens is 280 g/mol. The minimum absolute atomic E-state index is 0.220. The Morgan fingerprint density at radius 1 is 1.55 bits per heavy atom. The van der Waals surface area contributed by atoms with Crippen molar-refractivity contribution in [1.29, 1.82) is 0 Å². The number of halogens is 1. The highest BCUT2D eigenvalue weighted by Gasteiger charge is 2.18. The molecule has 2 heterocycles. The number of carbonyl (C=O) groups excluding carboxylic acids is 1. The fraction of sp³-hybridized carbons (Fsp3) is 0.231. The summed E-state index contributed by atoms with van der Waals surface area (Å²) in [4.78, 5) is 20.0. The molecule has 2 rings (SSSR count). The lowest BCUT2D eigenvalue weighted by atomic mass is 10.3. The molecule has 20 heavy (non-hydrogen) atoms. The standard InChI is InChI=1S/C13H13ClN4O2/c1-3-5-9-6-10(13(19)20-4-2)18(17-9)12-8-15-7-11(14)16-12/h3,6-8H,1,4-5H2,2H3. The Kier molecular flexibility index (Phi) is 4.47. The molecule has 0 aromatic carbocycles. The van der Waals surface area contributed by atoms with Gasteiger partial charge in [-0.3, -0.25) is 4.98 Å². The van der Waals surface area contributed by atoms with E-state index in [1.807, 2.05) is 0 Å². The quantitative estimate of drug-likeness (QED) is 0.624. The van der Waals surface area contributed by atoms with Gasteiger partial charge in [-0.05, 0) is 13.0 Å². The Hall–Kier alpha value is -2.21. The zero-order valence-corrected chi connectivity index (χ0v) is 11.7. The summed E-state index contributed by atoms with van der Waals surface area (Å²) in [6.07, 6.45) is 5.11. The maximum Gasteiger partial charge on any atom is 0.357 e. The third-order valence-corrected chi connectivity index (χ3v) is 2.59. The summed E-state index contributed by atoms with van der Waals surface area (Å²) in [5.74, 6) is -0.118. The molecule has 0 spiro atoms. The third kappa shape index (κ3) is 3.03. The van der Waals surface area contributed by atoms with E-state index in [-0.39, 0.29) is 17.5 Å². The van der Waals surface area contributed by atoms with Crippen LogP contribution in [0.2, 0.25) is 5.15 Å². The number of ether oxygens (including phenoxy) is 1. The molecular formula is C13H13ClN4O2. The summed E-state index contributed by atoms with van der Waals surface area (Å²) in [5.41, 5.74) is 0.963. The summed E-state index contributed by atoms with van der Waals surface area (Å²) < 4.78 is 6.38. The van der Waals surface area contributed by atoms with Crippen molar-refractivity contribution in [3.63, 3.8) is 0 Å². The fourth-order valence-corrected chi connectivity index (χ4v) is 1.78. The van der Waals surface area contributed by atoms with Crippen LogP contribution in [0.3, 0.4) is 0 Å². The summed E-state index contributed by atoms with van der Waals surface area (Å²) in [6.45, 7) is 5.67. The number of aromatic nitrogens is 4. The molecule has 0 fully saturated rings. The van der Waals surface area contributed by atoms with Gasteiger partial charge in [-0.2, -0.15) is 5.10 Å². The monoisotopic (exact) mass is 292 g/mol. The molecule has 104 valence electrons. The number of hydrogen-bond acceptors (Lipinski definition) is 5.